The van der Waals surface area contributed by atoms with E-state index in [-0.39, 0.29) is 46.7 Å². The fraction of sp³-hybridized carbons (Fsp3) is 0.414. The maximum absolute atomic E-state index is 14.7. The second-order valence-corrected chi connectivity index (χ2v) is 11.4. The lowest BCUT2D eigenvalue weighted by molar-refractivity contribution is -0.137. The Hall–Kier alpha value is -4.53. The van der Waals surface area contributed by atoms with E-state index in [1.807, 2.05) is 6.92 Å². The molecule has 3 aromatic heterocycles. The first kappa shape index (κ1) is 28.3. The van der Waals surface area contributed by atoms with Gasteiger partial charge in [0.25, 0.3) is 0 Å². The van der Waals surface area contributed by atoms with Crippen molar-refractivity contribution in [3.05, 3.63) is 63.8 Å². The molecule has 11 nitrogen and oxygen atoms in total. The van der Waals surface area contributed by atoms with Crippen molar-refractivity contribution in [2.24, 2.45) is 0 Å². The number of piperazine rings is 1. The molecule has 2 fully saturated rings. The summed E-state index contributed by atoms with van der Waals surface area (Å²) in [4.78, 5) is 35.5. The first-order chi connectivity index (χ1) is 21.0. The zero-order valence-electron chi connectivity index (χ0n) is 23.7. The molecule has 230 valence electrons. The van der Waals surface area contributed by atoms with Crippen LogP contribution in [0.25, 0.3) is 16.9 Å². The van der Waals surface area contributed by atoms with Crippen molar-refractivity contribution in [2.45, 2.75) is 56.4 Å². The molecular weight excluding hydrogens is 584 g/mol. The zero-order valence-corrected chi connectivity index (χ0v) is 23.7. The number of rotatable bonds is 5. The van der Waals surface area contributed by atoms with Gasteiger partial charge in [0.1, 0.15) is 17.5 Å². The van der Waals surface area contributed by atoms with Crippen LogP contribution in [0, 0.1) is 5.82 Å². The molecule has 0 radical (unpaired) electrons. The molecule has 1 amide bonds. The number of carbonyl (C=O) groups excluding carboxylic acids is 1. The van der Waals surface area contributed by atoms with E-state index in [1.54, 1.807) is 16.7 Å². The minimum absolute atomic E-state index is 0.0570. The van der Waals surface area contributed by atoms with Gasteiger partial charge in [0.15, 0.2) is 11.2 Å². The first-order valence-corrected chi connectivity index (χ1v) is 14.3. The number of ether oxygens (including phenoxy) is 1. The molecule has 0 bridgehead atoms. The van der Waals surface area contributed by atoms with E-state index < -0.39 is 29.5 Å². The molecule has 44 heavy (non-hydrogen) atoms. The average molecular weight is 613 g/mol. The standard InChI is InChI=1S/C29H28F4N8O3/c1-14-11-21(28(43)36-18-4-3-15(12-17(18)30)29(31,32)33)40-24(14)25(39-10-9-34-19-5-6-20(19)39)26(42)23-27(40)38-41(37-23)16-7-8-35-22(13-16)44-2/h3-4,7-8,12-14,19-21,34H,5-6,9-11H2,1-2H3,(H,36,43)/t14-,19+,20+,21-/m1/s1. The van der Waals surface area contributed by atoms with Crippen LogP contribution in [-0.4, -0.2) is 62.7 Å². The summed E-state index contributed by atoms with van der Waals surface area (Å²) in [7, 11) is 1.47. The molecule has 4 aromatic rings. The quantitative estimate of drug-likeness (QED) is 0.327. The Morgan fingerprint density at radius 3 is 2.68 bits per heavy atom. The van der Waals surface area contributed by atoms with E-state index in [0.717, 1.165) is 18.9 Å². The number of methoxy groups -OCH3 is 1. The Bertz CT molecular complexity index is 1850. The smallest absolute Gasteiger partial charge is 0.416 e. The number of aromatic nitrogens is 5. The van der Waals surface area contributed by atoms with Gasteiger partial charge >= 0.3 is 6.18 Å². The fourth-order valence-electron chi connectivity index (χ4n) is 6.57. The number of alkyl halides is 3. The largest absolute Gasteiger partial charge is 0.481 e. The van der Waals surface area contributed by atoms with E-state index in [1.165, 1.54) is 18.1 Å². The Labute approximate surface area is 247 Å². The number of benzene rings is 1. The first-order valence-electron chi connectivity index (χ1n) is 14.3. The van der Waals surface area contributed by atoms with Crippen molar-refractivity contribution in [1.82, 2.24) is 29.9 Å². The van der Waals surface area contributed by atoms with Crippen molar-refractivity contribution in [3.8, 4) is 11.6 Å². The SMILES string of the molecule is COc1cc(-n2nc3c(=O)c(N4CCN[C@H]5CC[C@@H]54)c4n(c3n2)[C@@H](C(=O)Nc2ccc(C(F)(F)F)cc2F)C[C@H]4C)ccn1. The number of anilines is 2. The number of carbonyl (C=O) groups is 1. The third-order valence-corrected chi connectivity index (χ3v) is 8.81. The maximum atomic E-state index is 14.7. The summed E-state index contributed by atoms with van der Waals surface area (Å²) in [5.41, 5.74) is -0.0428. The molecule has 15 heteroatoms. The lowest BCUT2D eigenvalue weighted by atomic mass is 9.82. The highest BCUT2D eigenvalue weighted by Gasteiger charge is 2.45. The number of nitrogens with one attached hydrogen (secondary N) is 2. The Morgan fingerprint density at radius 1 is 1.16 bits per heavy atom. The van der Waals surface area contributed by atoms with Gasteiger partial charge < -0.3 is 24.8 Å². The lowest BCUT2D eigenvalue weighted by Crippen LogP contribution is -2.64. The van der Waals surface area contributed by atoms with Crippen molar-refractivity contribution < 1.29 is 27.1 Å². The monoisotopic (exact) mass is 612 g/mol. The summed E-state index contributed by atoms with van der Waals surface area (Å²) >= 11 is 0. The van der Waals surface area contributed by atoms with Crippen LogP contribution >= 0.6 is 0 Å². The third kappa shape index (κ3) is 4.48. The predicted molar refractivity (Wildman–Crippen MR) is 152 cm³/mol. The normalized spacial score (nSPS) is 22.8. The number of nitrogens with zero attached hydrogens (tertiary/aromatic N) is 6. The van der Waals surface area contributed by atoms with E-state index >= 15 is 0 Å². The second-order valence-electron chi connectivity index (χ2n) is 11.4. The van der Waals surface area contributed by atoms with Crippen LogP contribution in [0.1, 0.15) is 49.4 Å². The summed E-state index contributed by atoms with van der Waals surface area (Å²) in [6, 6.07) is 4.62. The topological polar surface area (TPSA) is 119 Å². The highest BCUT2D eigenvalue weighted by molar-refractivity contribution is 5.96. The van der Waals surface area contributed by atoms with E-state index in [0.29, 0.717) is 48.2 Å². The summed E-state index contributed by atoms with van der Waals surface area (Å²) in [6.07, 6.45) is -1.06. The Morgan fingerprint density at radius 2 is 1.98 bits per heavy atom. The van der Waals surface area contributed by atoms with Gasteiger partial charge in [0.05, 0.1) is 29.7 Å². The maximum Gasteiger partial charge on any atom is 0.416 e. The highest BCUT2D eigenvalue weighted by Crippen LogP contribution is 2.44. The number of hydrogen-bond acceptors (Lipinski definition) is 8. The van der Waals surface area contributed by atoms with Crippen molar-refractivity contribution in [2.75, 3.05) is 30.4 Å². The molecule has 1 saturated carbocycles. The van der Waals surface area contributed by atoms with Gasteiger partial charge in [-0.1, -0.05) is 6.92 Å². The van der Waals surface area contributed by atoms with Crippen LogP contribution in [0.2, 0.25) is 0 Å². The molecule has 1 aliphatic carbocycles. The molecule has 7 rings (SSSR count). The molecule has 0 spiro atoms. The molecule has 4 atom stereocenters. The van der Waals surface area contributed by atoms with Crippen LogP contribution in [0.5, 0.6) is 5.88 Å². The molecule has 1 saturated heterocycles. The van der Waals surface area contributed by atoms with Crippen molar-refractivity contribution in [3.63, 3.8) is 0 Å². The molecule has 1 aromatic carbocycles. The molecule has 2 aliphatic heterocycles. The number of fused-ring (bicyclic) bond motifs is 4. The van der Waals surface area contributed by atoms with Crippen molar-refractivity contribution in [1.29, 1.82) is 0 Å². The van der Waals surface area contributed by atoms with Crippen LogP contribution in [-0.2, 0) is 11.0 Å². The summed E-state index contributed by atoms with van der Waals surface area (Å²) in [5, 5.41) is 15.1. The molecule has 5 heterocycles. The fourth-order valence-corrected chi connectivity index (χ4v) is 6.57. The molecule has 0 unspecified atom stereocenters. The predicted octanol–water partition coefficient (Wildman–Crippen LogP) is 3.77. The zero-order chi connectivity index (χ0) is 30.9. The summed E-state index contributed by atoms with van der Waals surface area (Å²) in [6.45, 7) is 3.18. The van der Waals surface area contributed by atoms with Gasteiger partial charge in [-0.3, -0.25) is 9.59 Å². The minimum atomic E-state index is -4.73. The van der Waals surface area contributed by atoms with E-state index in [4.69, 9.17) is 4.74 Å². The summed E-state index contributed by atoms with van der Waals surface area (Å²) < 4.78 is 60.9. The van der Waals surface area contributed by atoms with Gasteiger partial charge in [0.2, 0.25) is 17.2 Å². The Kier molecular flexibility index (Phi) is 6.60. The second kappa shape index (κ2) is 10.3. The lowest BCUT2D eigenvalue weighted by Gasteiger charge is -2.50. The minimum Gasteiger partial charge on any atom is -0.481 e. The van der Waals surface area contributed by atoms with Crippen LogP contribution in [0.4, 0.5) is 28.9 Å². The van der Waals surface area contributed by atoms with Gasteiger partial charge in [-0.15, -0.1) is 15.0 Å². The summed E-state index contributed by atoms with van der Waals surface area (Å²) in [5.74, 6) is -1.81. The van der Waals surface area contributed by atoms with Gasteiger partial charge in [-0.25, -0.2) is 9.37 Å². The van der Waals surface area contributed by atoms with Crippen LogP contribution in [0.3, 0.4) is 0 Å². The molecule has 2 N–H and O–H groups in total. The van der Waals surface area contributed by atoms with E-state index in [9.17, 15) is 27.2 Å². The van der Waals surface area contributed by atoms with Crippen LogP contribution in [0.15, 0.2) is 41.3 Å². The number of pyridine rings is 2. The number of hydrogen-bond donors (Lipinski definition) is 2. The highest BCUT2D eigenvalue weighted by atomic mass is 19.4. The number of halogens is 4. The number of amides is 1. The van der Waals surface area contributed by atoms with Gasteiger partial charge in [0, 0.05) is 43.4 Å². The molecule has 3 aliphatic rings. The third-order valence-electron chi connectivity index (χ3n) is 8.81. The Balaban J connectivity index is 1.37. The van der Waals surface area contributed by atoms with Crippen molar-refractivity contribution >= 4 is 28.4 Å². The molecular formula is C29H28F4N8O3. The van der Waals surface area contributed by atoms with E-state index in [2.05, 4.69) is 30.7 Å². The average Bonchev–Trinajstić information content (AvgIpc) is 3.57. The van der Waals surface area contributed by atoms with Crippen LogP contribution < -0.4 is 25.7 Å². The van der Waals surface area contributed by atoms with Gasteiger partial charge in [-0.05, 0) is 43.5 Å². The van der Waals surface area contributed by atoms with Gasteiger partial charge in [-0.2, -0.15) is 13.2 Å².